The lowest BCUT2D eigenvalue weighted by Crippen LogP contribution is -2.14. The zero-order chi connectivity index (χ0) is 11.1. The van der Waals surface area contributed by atoms with Crippen molar-refractivity contribution < 1.29 is 0 Å². The van der Waals surface area contributed by atoms with Gasteiger partial charge >= 0.3 is 0 Å². The van der Waals surface area contributed by atoms with Crippen molar-refractivity contribution in [3.05, 3.63) is 23.0 Å². The quantitative estimate of drug-likeness (QED) is 0.757. The minimum Gasteiger partial charge on any atom is -0.316 e. The monoisotopic (exact) mass is 227 g/mol. The fraction of sp³-hybridized carbons (Fsp3) is 0.545. The Morgan fingerprint density at radius 2 is 2.33 bits per heavy atom. The van der Waals surface area contributed by atoms with Crippen molar-refractivity contribution in [2.75, 3.05) is 13.1 Å². The fourth-order valence-corrected chi connectivity index (χ4v) is 1.52. The molecule has 0 spiro atoms. The van der Waals surface area contributed by atoms with Crippen molar-refractivity contribution >= 4 is 17.7 Å². The maximum Gasteiger partial charge on any atom is 0.0859 e. The summed E-state index contributed by atoms with van der Waals surface area (Å²) in [5.74, 6) is 0. The van der Waals surface area contributed by atoms with Gasteiger partial charge in [0.15, 0.2) is 0 Å². The standard InChI is InChI=1S/C11H18ClN3/c1-3-7-13-8-5-4-6-11-10(12)9-14-15(11)2/h4,6,9,13H,3,5,7-8H2,1-2H3/b6-4+. The van der Waals surface area contributed by atoms with Crippen LogP contribution in [0.15, 0.2) is 12.3 Å². The van der Waals surface area contributed by atoms with Crippen LogP contribution in [-0.4, -0.2) is 22.9 Å². The van der Waals surface area contributed by atoms with Crippen LogP contribution in [0.5, 0.6) is 0 Å². The van der Waals surface area contributed by atoms with E-state index in [4.69, 9.17) is 11.6 Å². The molecule has 0 atom stereocenters. The predicted molar refractivity (Wildman–Crippen MR) is 65.0 cm³/mol. The van der Waals surface area contributed by atoms with Gasteiger partial charge in [0.1, 0.15) is 0 Å². The van der Waals surface area contributed by atoms with Gasteiger partial charge in [0.2, 0.25) is 0 Å². The van der Waals surface area contributed by atoms with Crippen molar-refractivity contribution in [1.82, 2.24) is 15.1 Å². The maximum absolute atomic E-state index is 5.96. The molecule has 1 rings (SSSR count). The minimum absolute atomic E-state index is 0.704. The van der Waals surface area contributed by atoms with Gasteiger partial charge in [0.25, 0.3) is 0 Å². The molecular formula is C11H18ClN3. The Labute approximate surface area is 96.1 Å². The highest BCUT2D eigenvalue weighted by atomic mass is 35.5. The first-order valence-electron chi connectivity index (χ1n) is 5.30. The van der Waals surface area contributed by atoms with Crippen LogP contribution >= 0.6 is 11.6 Å². The Morgan fingerprint density at radius 1 is 1.53 bits per heavy atom. The smallest absolute Gasteiger partial charge is 0.0859 e. The van der Waals surface area contributed by atoms with E-state index in [0.717, 1.165) is 25.2 Å². The Morgan fingerprint density at radius 3 is 2.93 bits per heavy atom. The van der Waals surface area contributed by atoms with Crippen molar-refractivity contribution in [1.29, 1.82) is 0 Å². The van der Waals surface area contributed by atoms with Gasteiger partial charge in [0.05, 0.1) is 16.9 Å². The van der Waals surface area contributed by atoms with Gasteiger partial charge < -0.3 is 5.32 Å². The molecule has 15 heavy (non-hydrogen) atoms. The SMILES string of the molecule is CCCNCC/C=C/c1c(Cl)cnn1C. The van der Waals surface area contributed by atoms with E-state index in [9.17, 15) is 0 Å². The third-order valence-electron chi connectivity index (χ3n) is 2.13. The van der Waals surface area contributed by atoms with Gasteiger partial charge in [-0.3, -0.25) is 4.68 Å². The summed E-state index contributed by atoms with van der Waals surface area (Å²) in [6, 6.07) is 0. The molecule has 0 saturated carbocycles. The number of rotatable bonds is 6. The summed E-state index contributed by atoms with van der Waals surface area (Å²) in [6.45, 7) is 4.26. The van der Waals surface area contributed by atoms with E-state index in [2.05, 4.69) is 23.4 Å². The molecule has 1 aromatic rings. The van der Waals surface area contributed by atoms with Crippen LogP contribution in [-0.2, 0) is 7.05 Å². The zero-order valence-electron chi connectivity index (χ0n) is 9.33. The fourth-order valence-electron chi connectivity index (χ4n) is 1.29. The Bertz CT molecular complexity index is 298. The van der Waals surface area contributed by atoms with Crippen LogP contribution in [0.3, 0.4) is 0 Å². The number of aryl methyl sites for hydroxylation is 1. The van der Waals surface area contributed by atoms with Gasteiger partial charge in [-0.15, -0.1) is 0 Å². The molecule has 0 bridgehead atoms. The highest BCUT2D eigenvalue weighted by Crippen LogP contribution is 2.15. The van der Waals surface area contributed by atoms with E-state index in [1.165, 1.54) is 6.42 Å². The highest BCUT2D eigenvalue weighted by molar-refractivity contribution is 6.31. The van der Waals surface area contributed by atoms with E-state index in [1.807, 2.05) is 13.1 Å². The van der Waals surface area contributed by atoms with E-state index >= 15 is 0 Å². The van der Waals surface area contributed by atoms with Crippen LogP contribution in [0.1, 0.15) is 25.5 Å². The largest absolute Gasteiger partial charge is 0.316 e. The second-order valence-corrected chi connectivity index (χ2v) is 3.85. The molecular weight excluding hydrogens is 210 g/mol. The summed E-state index contributed by atoms with van der Waals surface area (Å²) in [7, 11) is 1.89. The number of hydrogen-bond acceptors (Lipinski definition) is 2. The van der Waals surface area contributed by atoms with Crippen LogP contribution in [0.2, 0.25) is 5.02 Å². The molecule has 0 aromatic carbocycles. The molecule has 0 aliphatic carbocycles. The van der Waals surface area contributed by atoms with Gasteiger partial charge in [-0.2, -0.15) is 5.10 Å². The lowest BCUT2D eigenvalue weighted by molar-refractivity contribution is 0.678. The average molecular weight is 228 g/mol. The first-order valence-corrected chi connectivity index (χ1v) is 5.68. The van der Waals surface area contributed by atoms with Crippen LogP contribution < -0.4 is 5.32 Å². The van der Waals surface area contributed by atoms with Crippen molar-refractivity contribution in [3.63, 3.8) is 0 Å². The summed E-state index contributed by atoms with van der Waals surface area (Å²) in [4.78, 5) is 0. The predicted octanol–water partition coefficient (Wildman–Crippen LogP) is 2.48. The molecule has 4 heteroatoms. The number of aromatic nitrogens is 2. The normalized spacial score (nSPS) is 11.4. The molecule has 0 amide bonds. The lowest BCUT2D eigenvalue weighted by Gasteiger charge is -1.99. The van der Waals surface area contributed by atoms with E-state index in [0.29, 0.717) is 5.02 Å². The van der Waals surface area contributed by atoms with Gasteiger partial charge in [0, 0.05) is 7.05 Å². The summed E-state index contributed by atoms with van der Waals surface area (Å²) in [5, 5.41) is 8.10. The number of nitrogens with zero attached hydrogens (tertiary/aromatic N) is 2. The van der Waals surface area contributed by atoms with Gasteiger partial charge in [-0.1, -0.05) is 24.6 Å². The van der Waals surface area contributed by atoms with E-state index < -0.39 is 0 Å². The average Bonchev–Trinajstić information content (AvgIpc) is 2.54. The number of nitrogens with one attached hydrogen (secondary N) is 1. The molecule has 0 aliphatic heterocycles. The highest BCUT2D eigenvalue weighted by Gasteiger charge is 2.00. The van der Waals surface area contributed by atoms with Gasteiger partial charge in [-0.05, 0) is 32.0 Å². The van der Waals surface area contributed by atoms with Crippen LogP contribution in [0.25, 0.3) is 6.08 Å². The molecule has 0 unspecified atom stereocenters. The molecule has 0 radical (unpaired) electrons. The molecule has 0 aliphatic rings. The molecule has 0 fully saturated rings. The third kappa shape index (κ3) is 4.06. The van der Waals surface area contributed by atoms with E-state index in [-0.39, 0.29) is 0 Å². The Hall–Kier alpha value is -0.800. The summed E-state index contributed by atoms with van der Waals surface area (Å²) in [6.07, 6.45) is 7.99. The summed E-state index contributed by atoms with van der Waals surface area (Å²) < 4.78 is 1.78. The Kier molecular flexibility index (Phi) is 5.43. The van der Waals surface area contributed by atoms with Crippen molar-refractivity contribution in [2.24, 2.45) is 7.05 Å². The number of hydrogen-bond donors (Lipinski definition) is 1. The third-order valence-corrected chi connectivity index (χ3v) is 2.42. The lowest BCUT2D eigenvalue weighted by atomic mass is 10.3. The van der Waals surface area contributed by atoms with Crippen molar-refractivity contribution in [2.45, 2.75) is 19.8 Å². The topological polar surface area (TPSA) is 29.9 Å². The van der Waals surface area contributed by atoms with Gasteiger partial charge in [-0.25, -0.2) is 0 Å². The van der Waals surface area contributed by atoms with E-state index in [1.54, 1.807) is 10.9 Å². The second-order valence-electron chi connectivity index (χ2n) is 3.44. The van der Waals surface area contributed by atoms with Crippen LogP contribution in [0, 0.1) is 0 Å². The molecule has 84 valence electrons. The number of halogens is 1. The molecule has 1 aromatic heterocycles. The second kappa shape index (κ2) is 6.64. The maximum atomic E-state index is 5.96. The first-order chi connectivity index (χ1) is 7.25. The first kappa shape index (κ1) is 12.3. The van der Waals surface area contributed by atoms with Crippen molar-refractivity contribution in [3.8, 4) is 0 Å². The molecule has 1 heterocycles. The summed E-state index contributed by atoms with van der Waals surface area (Å²) >= 11 is 5.96. The Balaban J connectivity index is 2.32. The minimum atomic E-state index is 0.704. The molecule has 1 N–H and O–H groups in total. The molecule has 3 nitrogen and oxygen atoms in total. The summed E-state index contributed by atoms with van der Waals surface area (Å²) in [5.41, 5.74) is 0.965. The molecule has 0 saturated heterocycles. The zero-order valence-corrected chi connectivity index (χ0v) is 10.1. The van der Waals surface area contributed by atoms with Crippen LogP contribution in [0.4, 0.5) is 0 Å².